The molecule has 2 saturated carbocycles. The predicted octanol–water partition coefficient (Wildman–Crippen LogP) is 0.876. The lowest BCUT2D eigenvalue weighted by Crippen LogP contribution is -2.53. The van der Waals surface area contributed by atoms with Gasteiger partial charge in [-0.3, -0.25) is 9.59 Å². The van der Waals surface area contributed by atoms with Gasteiger partial charge >= 0.3 is 0 Å². The van der Waals surface area contributed by atoms with E-state index in [0.29, 0.717) is 44.9 Å². The van der Waals surface area contributed by atoms with Crippen LogP contribution in [0.5, 0.6) is 0 Å². The first-order valence-corrected chi connectivity index (χ1v) is 9.98. The van der Waals surface area contributed by atoms with Gasteiger partial charge in [0.05, 0.1) is 5.75 Å². The van der Waals surface area contributed by atoms with E-state index in [0.717, 1.165) is 6.42 Å². The summed E-state index contributed by atoms with van der Waals surface area (Å²) in [5, 5.41) is 0. The number of fused-ring (bicyclic) bond motifs is 2. The number of piperazine rings is 1. The molecule has 1 unspecified atom stereocenters. The Morgan fingerprint density at radius 2 is 1.83 bits per heavy atom. The summed E-state index contributed by atoms with van der Waals surface area (Å²) < 4.78 is 27.3. The molecule has 0 aromatic heterocycles. The third-order valence-electron chi connectivity index (χ3n) is 6.65. The topological polar surface area (TPSA) is 74.8 Å². The molecule has 3 rings (SSSR count). The highest BCUT2D eigenvalue weighted by Gasteiger charge is 2.65. The molecule has 2 atom stereocenters. The van der Waals surface area contributed by atoms with E-state index in [1.54, 1.807) is 4.90 Å². The zero-order chi connectivity index (χ0) is 17.0. The van der Waals surface area contributed by atoms with Gasteiger partial charge in [-0.25, -0.2) is 8.42 Å². The number of nitrogens with zero attached hydrogens (tertiary/aromatic N) is 2. The van der Waals surface area contributed by atoms with Crippen LogP contribution in [0.15, 0.2) is 0 Å². The molecule has 2 aliphatic carbocycles. The summed E-state index contributed by atoms with van der Waals surface area (Å²) in [6, 6.07) is 0. The Kier molecular flexibility index (Phi) is 3.87. The minimum absolute atomic E-state index is 0.0219. The number of carbonyl (C=O) groups excluding carboxylic acids is 2. The quantitative estimate of drug-likeness (QED) is 0.763. The second kappa shape index (κ2) is 5.28. The molecule has 0 N–H and O–H groups in total. The summed E-state index contributed by atoms with van der Waals surface area (Å²) in [5.74, 6) is 0.360. The first-order valence-electron chi connectivity index (χ1n) is 8.37. The van der Waals surface area contributed by atoms with Crippen LogP contribution in [0.4, 0.5) is 0 Å². The Labute approximate surface area is 138 Å². The highest BCUT2D eigenvalue weighted by atomic mass is 32.2. The van der Waals surface area contributed by atoms with Crippen LogP contribution in [0.3, 0.4) is 0 Å². The first kappa shape index (κ1) is 16.9. The van der Waals surface area contributed by atoms with Crippen molar-refractivity contribution in [2.45, 2.75) is 40.0 Å². The highest BCUT2D eigenvalue weighted by molar-refractivity contribution is 7.89. The lowest BCUT2D eigenvalue weighted by atomic mass is 9.70. The average molecular weight is 342 g/mol. The summed E-state index contributed by atoms with van der Waals surface area (Å²) in [6.45, 7) is 7.13. The van der Waals surface area contributed by atoms with Gasteiger partial charge in [-0.1, -0.05) is 13.8 Å². The molecule has 0 spiro atoms. The Morgan fingerprint density at radius 3 is 2.26 bits per heavy atom. The molecule has 6 nitrogen and oxygen atoms in total. The van der Waals surface area contributed by atoms with Crippen molar-refractivity contribution in [1.82, 2.24) is 9.21 Å². The minimum Gasteiger partial charge on any atom is -0.340 e. The second-order valence-electron chi connectivity index (χ2n) is 7.83. The molecule has 0 radical (unpaired) electrons. The summed E-state index contributed by atoms with van der Waals surface area (Å²) in [7, 11) is -3.49. The summed E-state index contributed by atoms with van der Waals surface area (Å²) >= 11 is 0. The van der Waals surface area contributed by atoms with Crippen molar-refractivity contribution in [2.24, 2.45) is 16.7 Å². The van der Waals surface area contributed by atoms with E-state index in [1.165, 1.54) is 11.2 Å². The lowest BCUT2D eigenvalue weighted by Gasteiger charge is -2.39. The van der Waals surface area contributed by atoms with Gasteiger partial charge in [-0.05, 0) is 24.2 Å². The van der Waals surface area contributed by atoms with Crippen LogP contribution in [0.2, 0.25) is 0 Å². The fraction of sp³-hybridized carbons (Fsp3) is 0.875. The SMILES string of the molecule is CC(=O)N1CCN(S(=O)(=O)CC23CC[C@@H](CC2=O)C3(C)C)CC1. The van der Waals surface area contributed by atoms with Crippen molar-refractivity contribution in [1.29, 1.82) is 0 Å². The monoisotopic (exact) mass is 342 g/mol. The third-order valence-corrected chi connectivity index (χ3v) is 8.65. The van der Waals surface area contributed by atoms with Crippen molar-refractivity contribution in [3.63, 3.8) is 0 Å². The van der Waals surface area contributed by atoms with Crippen LogP contribution in [-0.4, -0.2) is 61.2 Å². The molecule has 1 heterocycles. The summed E-state index contributed by atoms with van der Waals surface area (Å²) in [6.07, 6.45) is 2.17. The van der Waals surface area contributed by atoms with Crippen LogP contribution in [0.1, 0.15) is 40.0 Å². The lowest BCUT2D eigenvalue weighted by molar-refractivity contribution is -0.130. The number of rotatable bonds is 3. The van der Waals surface area contributed by atoms with Crippen molar-refractivity contribution in [3.8, 4) is 0 Å². The van der Waals surface area contributed by atoms with Gasteiger partial charge in [-0.15, -0.1) is 0 Å². The Morgan fingerprint density at radius 1 is 1.22 bits per heavy atom. The van der Waals surface area contributed by atoms with E-state index in [4.69, 9.17) is 0 Å². The maximum Gasteiger partial charge on any atom is 0.219 e. The summed E-state index contributed by atoms with van der Waals surface area (Å²) in [5.41, 5.74) is -0.952. The van der Waals surface area contributed by atoms with Gasteiger partial charge in [-0.2, -0.15) is 4.31 Å². The standard InChI is InChI=1S/C16H26N2O4S/c1-12(19)17-6-8-18(9-7-17)23(21,22)11-16-5-4-13(10-14(16)20)15(16,2)3/h13H,4-11H2,1-3H3/t13-,16?/m0/s1. The number of hydrogen-bond donors (Lipinski definition) is 0. The van der Waals surface area contributed by atoms with Gasteiger partial charge in [0.15, 0.2) is 0 Å². The number of Topliss-reactive ketones (excluding diaryl/α,β-unsaturated/α-hetero) is 1. The van der Waals surface area contributed by atoms with Gasteiger partial charge < -0.3 is 4.90 Å². The smallest absolute Gasteiger partial charge is 0.219 e. The van der Waals surface area contributed by atoms with E-state index in [2.05, 4.69) is 13.8 Å². The number of ketones is 1. The van der Waals surface area contributed by atoms with E-state index in [1.807, 2.05) is 0 Å². The molecular formula is C16H26N2O4S. The molecule has 3 fully saturated rings. The van der Waals surface area contributed by atoms with Gasteiger partial charge in [0.1, 0.15) is 5.78 Å². The van der Waals surface area contributed by atoms with Crippen LogP contribution < -0.4 is 0 Å². The average Bonchev–Trinajstić information content (AvgIpc) is 2.81. The van der Waals surface area contributed by atoms with Crippen molar-refractivity contribution in [2.75, 3.05) is 31.9 Å². The molecular weight excluding hydrogens is 316 g/mol. The molecule has 1 aliphatic heterocycles. The molecule has 23 heavy (non-hydrogen) atoms. The van der Waals surface area contributed by atoms with Crippen molar-refractivity contribution in [3.05, 3.63) is 0 Å². The van der Waals surface area contributed by atoms with Crippen molar-refractivity contribution < 1.29 is 18.0 Å². The highest BCUT2D eigenvalue weighted by Crippen LogP contribution is 2.64. The Hall–Kier alpha value is -0.950. The first-order chi connectivity index (χ1) is 10.6. The second-order valence-corrected chi connectivity index (χ2v) is 9.80. The number of carbonyl (C=O) groups is 2. The zero-order valence-corrected chi connectivity index (χ0v) is 15.0. The van der Waals surface area contributed by atoms with E-state index >= 15 is 0 Å². The summed E-state index contributed by atoms with van der Waals surface area (Å²) in [4.78, 5) is 25.6. The number of amides is 1. The molecule has 2 bridgehead atoms. The van der Waals surface area contributed by atoms with Crippen molar-refractivity contribution >= 4 is 21.7 Å². The largest absolute Gasteiger partial charge is 0.340 e. The van der Waals surface area contributed by atoms with E-state index in [9.17, 15) is 18.0 Å². The molecule has 0 aromatic rings. The van der Waals surface area contributed by atoms with Crippen LogP contribution in [0.25, 0.3) is 0 Å². The van der Waals surface area contributed by atoms with Gasteiger partial charge in [0, 0.05) is 44.9 Å². The number of sulfonamides is 1. The molecule has 130 valence electrons. The van der Waals surface area contributed by atoms with Crippen LogP contribution in [-0.2, 0) is 19.6 Å². The van der Waals surface area contributed by atoms with Gasteiger partial charge in [0.2, 0.25) is 15.9 Å². The molecule has 7 heteroatoms. The Balaban J connectivity index is 1.77. The molecule has 1 amide bonds. The van der Waals surface area contributed by atoms with Crippen LogP contribution >= 0.6 is 0 Å². The maximum absolute atomic E-state index is 12.9. The molecule has 1 saturated heterocycles. The normalized spacial score (nSPS) is 34.1. The fourth-order valence-corrected chi connectivity index (χ4v) is 6.99. The van der Waals surface area contributed by atoms with Crippen LogP contribution in [0, 0.1) is 16.7 Å². The fourth-order valence-electron chi connectivity index (χ4n) is 4.79. The molecule has 3 aliphatic rings. The Bertz CT molecular complexity index is 634. The van der Waals surface area contributed by atoms with Gasteiger partial charge in [0.25, 0.3) is 0 Å². The number of hydrogen-bond acceptors (Lipinski definition) is 4. The van der Waals surface area contributed by atoms with E-state index < -0.39 is 15.4 Å². The third kappa shape index (κ3) is 2.43. The zero-order valence-electron chi connectivity index (χ0n) is 14.2. The predicted molar refractivity (Wildman–Crippen MR) is 86.2 cm³/mol. The molecule has 0 aromatic carbocycles. The van der Waals surface area contributed by atoms with E-state index in [-0.39, 0.29) is 22.9 Å². The minimum atomic E-state index is -3.49. The maximum atomic E-state index is 12.9.